The zero-order valence-corrected chi connectivity index (χ0v) is 8.51. The number of nitrogens with zero attached hydrogens (tertiary/aromatic N) is 2. The Morgan fingerprint density at radius 3 is 2.83 bits per heavy atom. The molecule has 1 fully saturated rings. The Hall–Kier alpha value is -0.120. The van der Waals surface area contributed by atoms with E-state index < -0.39 is 0 Å². The summed E-state index contributed by atoms with van der Waals surface area (Å²) < 4.78 is 0. The van der Waals surface area contributed by atoms with Gasteiger partial charge in [0, 0.05) is 19.6 Å². The van der Waals surface area contributed by atoms with Crippen molar-refractivity contribution in [3.8, 4) is 0 Å². The molecule has 0 aromatic rings. The fourth-order valence-corrected chi connectivity index (χ4v) is 1.65. The smallest absolute Gasteiger partial charge is 0.0723 e. The third kappa shape index (κ3) is 2.73. The number of piperazine rings is 1. The van der Waals surface area contributed by atoms with Gasteiger partial charge < -0.3 is 0 Å². The first-order valence-electron chi connectivity index (χ1n) is 4.86. The first kappa shape index (κ1) is 9.96. The minimum absolute atomic E-state index is 0.547. The molecule has 72 valence electrons. The molecule has 1 aliphatic heterocycles. The third-order valence-corrected chi connectivity index (χ3v) is 2.40. The van der Waals surface area contributed by atoms with Crippen LogP contribution in [0.15, 0.2) is 0 Å². The normalized spacial score (nSPS) is 26.5. The molecule has 1 saturated heterocycles. The van der Waals surface area contributed by atoms with Crippen LogP contribution < -0.4 is 5.32 Å². The Morgan fingerprint density at radius 1 is 1.50 bits per heavy atom. The molecular formula is C9H21N3. The molecule has 1 N–H and O–H groups in total. The molecule has 0 radical (unpaired) electrons. The summed E-state index contributed by atoms with van der Waals surface area (Å²) in [5.74, 6) is 0. The van der Waals surface area contributed by atoms with E-state index in [9.17, 15) is 0 Å². The van der Waals surface area contributed by atoms with Gasteiger partial charge in [0.1, 0.15) is 0 Å². The summed E-state index contributed by atoms with van der Waals surface area (Å²) in [6.07, 6.45) is 1.81. The van der Waals surface area contributed by atoms with E-state index in [1.54, 1.807) is 0 Å². The standard InChI is InChI=1S/C9H21N3/c1-4-6-12-7-5-10-9(8-12)11(2)3/h9-10H,4-8H2,1-3H3. The van der Waals surface area contributed by atoms with Crippen LogP contribution >= 0.6 is 0 Å². The van der Waals surface area contributed by atoms with Gasteiger partial charge in [0.25, 0.3) is 0 Å². The van der Waals surface area contributed by atoms with Crippen LogP contribution in [-0.4, -0.2) is 56.2 Å². The van der Waals surface area contributed by atoms with Crippen LogP contribution in [-0.2, 0) is 0 Å². The lowest BCUT2D eigenvalue weighted by Gasteiger charge is -2.36. The van der Waals surface area contributed by atoms with Crippen LogP contribution in [0, 0.1) is 0 Å². The van der Waals surface area contributed by atoms with Gasteiger partial charge in [0.05, 0.1) is 6.17 Å². The van der Waals surface area contributed by atoms with Gasteiger partial charge >= 0.3 is 0 Å². The molecule has 3 nitrogen and oxygen atoms in total. The second kappa shape index (κ2) is 4.80. The van der Waals surface area contributed by atoms with Gasteiger partial charge in [-0.3, -0.25) is 15.1 Å². The van der Waals surface area contributed by atoms with Gasteiger partial charge in [0.15, 0.2) is 0 Å². The largest absolute Gasteiger partial charge is 0.299 e. The van der Waals surface area contributed by atoms with Crippen molar-refractivity contribution in [3.63, 3.8) is 0 Å². The minimum atomic E-state index is 0.547. The van der Waals surface area contributed by atoms with Crippen molar-refractivity contribution >= 4 is 0 Å². The second-order valence-corrected chi connectivity index (χ2v) is 3.73. The molecule has 0 amide bonds. The molecule has 12 heavy (non-hydrogen) atoms. The van der Waals surface area contributed by atoms with Crippen LogP contribution in [0.25, 0.3) is 0 Å². The Morgan fingerprint density at radius 2 is 2.25 bits per heavy atom. The summed E-state index contributed by atoms with van der Waals surface area (Å²) in [5.41, 5.74) is 0. The molecule has 1 atom stereocenters. The van der Waals surface area contributed by atoms with Crippen LogP contribution in [0.5, 0.6) is 0 Å². The molecule has 1 aliphatic rings. The second-order valence-electron chi connectivity index (χ2n) is 3.73. The molecule has 0 aliphatic carbocycles. The highest BCUT2D eigenvalue weighted by molar-refractivity contribution is 4.75. The van der Waals surface area contributed by atoms with Gasteiger partial charge in [-0.2, -0.15) is 0 Å². The average Bonchev–Trinajstić information content (AvgIpc) is 2.05. The van der Waals surface area contributed by atoms with Gasteiger partial charge in [-0.25, -0.2) is 0 Å². The van der Waals surface area contributed by atoms with Crippen molar-refractivity contribution in [2.45, 2.75) is 19.5 Å². The average molecular weight is 171 g/mol. The monoisotopic (exact) mass is 171 g/mol. The summed E-state index contributed by atoms with van der Waals surface area (Å²) in [5, 5.41) is 3.49. The number of hydrogen-bond acceptors (Lipinski definition) is 3. The van der Waals surface area contributed by atoms with Crippen LogP contribution in [0.3, 0.4) is 0 Å². The van der Waals surface area contributed by atoms with Gasteiger partial charge in [-0.1, -0.05) is 6.92 Å². The predicted octanol–water partition coefficient (Wildman–Crippen LogP) is 0.189. The van der Waals surface area contributed by atoms with Crippen LogP contribution in [0.2, 0.25) is 0 Å². The Bertz CT molecular complexity index is 123. The molecule has 0 bridgehead atoms. The fourth-order valence-electron chi connectivity index (χ4n) is 1.65. The molecule has 1 heterocycles. The van der Waals surface area contributed by atoms with E-state index in [0.29, 0.717) is 6.17 Å². The summed E-state index contributed by atoms with van der Waals surface area (Å²) in [4.78, 5) is 4.78. The summed E-state index contributed by atoms with van der Waals surface area (Å²) in [6.45, 7) is 6.99. The van der Waals surface area contributed by atoms with Crippen molar-refractivity contribution < 1.29 is 0 Å². The SMILES string of the molecule is CCCN1CCNC(N(C)C)C1. The van der Waals surface area contributed by atoms with E-state index in [4.69, 9.17) is 0 Å². The Balaban J connectivity index is 2.30. The summed E-state index contributed by atoms with van der Waals surface area (Å²) >= 11 is 0. The summed E-state index contributed by atoms with van der Waals surface area (Å²) in [7, 11) is 4.26. The maximum Gasteiger partial charge on any atom is 0.0723 e. The molecule has 1 rings (SSSR count). The lowest BCUT2D eigenvalue weighted by Crippen LogP contribution is -2.56. The molecule has 0 aromatic heterocycles. The van der Waals surface area contributed by atoms with Crippen LogP contribution in [0.4, 0.5) is 0 Å². The van der Waals surface area contributed by atoms with E-state index in [0.717, 1.165) is 6.54 Å². The van der Waals surface area contributed by atoms with Gasteiger partial charge in [-0.05, 0) is 27.1 Å². The summed E-state index contributed by atoms with van der Waals surface area (Å²) in [6, 6.07) is 0. The van der Waals surface area contributed by atoms with Crippen molar-refractivity contribution in [2.75, 3.05) is 40.3 Å². The van der Waals surface area contributed by atoms with Crippen molar-refractivity contribution in [1.29, 1.82) is 0 Å². The van der Waals surface area contributed by atoms with E-state index in [1.807, 2.05) is 0 Å². The van der Waals surface area contributed by atoms with E-state index in [-0.39, 0.29) is 0 Å². The van der Waals surface area contributed by atoms with Crippen molar-refractivity contribution in [2.24, 2.45) is 0 Å². The molecule has 0 aromatic carbocycles. The molecule has 3 heteroatoms. The highest BCUT2D eigenvalue weighted by atomic mass is 15.3. The molecule has 0 spiro atoms. The Kier molecular flexibility index (Phi) is 3.98. The minimum Gasteiger partial charge on any atom is -0.299 e. The lowest BCUT2D eigenvalue weighted by atomic mass is 10.3. The Labute approximate surface area is 75.7 Å². The quantitative estimate of drug-likeness (QED) is 0.654. The zero-order chi connectivity index (χ0) is 8.97. The zero-order valence-electron chi connectivity index (χ0n) is 8.51. The molecule has 1 unspecified atom stereocenters. The fraction of sp³-hybridized carbons (Fsp3) is 1.00. The maximum atomic E-state index is 3.49. The van der Waals surface area contributed by atoms with E-state index in [1.165, 1.54) is 26.1 Å². The number of hydrogen-bond donors (Lipinski definition) is 1. The highest BCUT2D eigenvalue weighted by Crippen LogP contribution is 2.01. The molecule has 0 saturated carbocycles. The van der Waals surface area contributed by atoms with Crippen molar-refractivity contribution in [3.05, 3.63) is 0 Å². The number of rotatable bonds is 3. The van der Waals surface area contributed by atoms with Gasteiger partial charge in [0.2, 0.25) is 0 Å². The lowest BCUT2D eigenvalue weighted by molar-refractivity contribution is 0.120. The number of likely N-dealkylation sites (N-methyl/N-ethyl adjacent to an activating group) is 1. The number of nitrogens with one attached hydrogen (secondary N) is 1. The van der Waals surface area contributed by atoms with Crippen LogP contribution in [0.1, 0.15) is 13.3 Å². The third-order valence-electron chi connectivity index (χ3n) is 2.40. The first-order chi connectivity index (χ1) is 5.74. The highest BCUT2D eigenvalue weighted by Gasteiger charge is 2.19. The van der Waals surface area contributed by atoms with Crippen molar-refractivity contribution in [1.82, 2.24) is 15.1 Å². The topological polar surface area (TPSA) is 18.5 Å². The van der Waals surface area contributed by atoms with E-state index >= 15 is 0 Å². The maximum absolute atomic E-state index is 3.49. The molecular weight excluding hydrogens is 150 g/mol. The predicted molar refractivity (Wildman–Crippen MR) is 52.2 cm³/mol. The van der Waals surface area contributed by atoms with E-state index in [2.05, 4.69) is 36.1 Å². The first-order valence-corrected chi connectivity index (χ1v) is 4.86. The van der Waals surface area contributed by atoms with Gasteiger partial charge in [-0.15, -0.1) is 0 Å².